The van der Waals surface area contributed by atoms with E-state index >= 15 is 0 Å². The van der Waals surface area contributed by atoms with Crippen LogP contribution in [0.4, 0.5) is 4.39 Å². The van der Waals surface area contributed by atoms with Crippen LogP contribution in [0.3, 0.4) is 0 Å². The highest BCUT2D eigenvalue weighted by Crippen LogP contribution is 2.29. The van der Waals surface area contributed by atoms with Gasteiger partial charge < -0.3 is 25.7 Å². The molecule has 3 rings (SSSR count). The number of rotatable bonds is 22. The summed E-state index contributed by atoms with van der Waals surface area (Å²) in [5.74, 6) is -2.48. The summed E-state index contributed by atoms with van der Waals surface area (Å²) in [7, 11) is 1.96. The van der Waals surface area contributed by atoms with Gasteiger partial charge in [0.2, 0.25) is 11.8 Å². The number of nitrogens with zero attached hydrogens (tertiary/aromatic N) is 3. The zero-order chi connectivity index (χ0) is 40.8. The molecule has 2 heterocycles. The van der Waals surface area contributed by atoms with E-state index < -0.39 is 36.0 Å². The van der Waals surface area contributed by atoms with Crippen molar-refractivity contribution < 1.29 is 33.8 Å². The monoisotopic (exact) mass is 787 g/mol. The van der Waals surface area contributed by atoms with Crippen LogP contribution in [0.5, 0.6) is 0 Å². The van der Waals surface area contributed by atoms with Gasteiger partial charge in [0.1, 0.15) is 28.7 Å². The van der Waals surface area contributed by atoms with Crippen LogP contribution in [0, 0.1) is 29.5 Å². The number of aliphatic hydroxyl groups is 1. The molecule has 1 saturated heterocycles. The number of thiazole rings is 1. The number of carbonyl (C=O) groups excluding carboxylic acids is 3. The summed E-state index contributed by atoms with van der Waals surface area (Å²) in [5, 5.41) is 29.2. The summed E-state index contributed by atoms with van der Waals surface area (Å²) in [6.45, 7) is 15.3. The smallest absolute Gasteiger partial charge is 0.306 e. The van der Waals surface area contributed by atoms with Gasteiger partial charge in [-0.2, -0.15) is 0 Å². The number of likely N-dealkylation sites (N-methyl/N-ethyl adjacent to an activating group) is 1. The van der Waals surface area contributed by atoms with Gasteiger partial charge in [-0.05, 0) is 81.1 Å². The first kappa shape index (κ1) is 46.0. The van der Waals surface area contributed by atoms with E-state index in [0.29, 0.717) is 30.3 Å². The lowest BCUT2D eigenvalue weighted by atomic mass is 9.91. The molecule has 55 heavy (non-hydrogen) atoms. The second kappa shape index (κ2) is 22.4. The van der Waals surface area contributed by atoms with Gasteiger partial charge >= 0.3 is 5.97 Å². The van der Waals surface area contributed by atoms with Crippen LogP contribution in [0.1, 0.15) is 133 Å². The highest BCUT2D eigenvalue weighted by molar-refractivity contribution is 7.09. The highest BCUT2D eigenvalue weighted by Gasteiger charge is 2.38. The van der Waals surface area contributed by atoms with Crippen molar-refractivity contribution in [1.82, 2.24) is 25.4 Å². The number of amides is 3. The maximum absolute atomic E-state index is 14.7. The number of piperidine rings is 1. The minimum absolute atomic E-state index is 0.0346. The SMILES string of the molecule is CC[C@H](C)[C@H](NC(=O)[C@H]1CCCCN1C)C(=O)N(CCCCC(C)C)[C@H](C[C@@H](O)c1nc(C(=O)N[C@@H](Cc2ccc(F)cc2)C[C@H](C)C(=O)O)cs1)C(C)C. The molecule has 11 nitrogen and oxygen atoms in total. The van der Waals surface area contributed by atoms with E-state index in [1.54, 1.807) is 24.4 Å². The van der Waals surface area contributed by atoms with Crippen molar-refractivity contribution in [3.05, 3.63) is 51.7 Å². The number of hydrogen-bond donors (Lipinski definition) is 4. The van der Waals surface area contributed by atoms with Crippen molar-refractivity contribution in [2.45, 2.75) is 143 Å². The van der Waals surface area contributed by atoms with Gasteiger partial charge in [-0.1, -0.05) is 86.3 Å². The molecule has 0 spiro atoms. The molecule has 4 N–H and O–H groups in total. The zero-order valence-corrected chi connectivity index (χ0v) is 35.0. The Kier molecular flexibility index (Phi) is 18.7. The Morgan fingerprint density at radius 2 is 1.71 bits per heavy atom. The molecule has 1 aliphatic rings. The van der Waals surface area contributed by atoms with Crippen molar-refractivity contribution in [3.8, 4) is 0 Å². The minimum atomic E-state index is -1.07. The van der Waals surface area contributed by atoms with Gasteiger partial charge in [-0.15, -0.1) is 11.3 Å². The standard InChI is InChI=1S/C42H66FN5O6S/c1-9-28(6)37(46-39(51)34-15-11-12-20-47(34)8)41(52)48(21-13-10-14-26(2)3)35(27(4)5)24-36(49)40-45-33(25-55-40)38(50)44-32(22-29(7)42(53)54)23-30-16-18-31(43)19-17-30/h16-19,25-29,32,34-37,49H,9-15,20-24H2,1-8H3,(H,44,50)(H,46,51)(H,53,54)/t28-,29-,32+,34+,35+,36+,37-/m0/s1. The van der Waals surface area contributed by atoms with Gasteiger partial charge in [-0.3, -0.25) is 24.1 Å². The van der Waals surface area contributed by atoms with Crippen LogP contribution >= 0.6 is 11.3 Å². The number of carboxylic acid groups (broad SMARTS) is 1. The normalized spacial score (nSPS) is 18.3. The summed E-state index contributed by atoms with van der Waals surface area (Å²) in [6.07, 6.45) is 5.83. The summed E-state index contributed by atoms with van der Waals surface area (Å²) in [5.41, 5.74) is 0.847. The third-order valence-corrected chi connectivity index (χ3v) is 12.0. The van der Waals surface area contributed by atoms with Gasteiger partial charge in [0.25, 0.3) is 5.91 Å². The average Bonchev–Trinajstić information content (AvgIpc) is 3.64. The number of aromatic nitrogens is 1. The Hall–Kier alpha value is -3.42. The fourth-order valence-electron chi connectivity index (χ4n) is 7.31. The quantitative estimate of drug-likeness (QED) is 0.0947. The Morgan fingerprint density at radius 3 is 2.31 bits per heavy atom. The average molecular weight is 788 g/mol. The molecule has 0 unspecified atom stereocenters. The van der Waals surface area contributed by atoms with Gasteiger partial charge in [0.05, 0.1) is 12.0 Å². The minimum Gasteiger partial charge on any atom is -0.481 e. The lowest BCUT2D eigenvalue weighted by Gasteiger charge is -2.40. The molecule has 2 aromatic rings. The molecule has 1 aromatic carbocycles. The molecule has 1 aliphatic heterocycles. The highest BCUT2D eigenvalue weighted by atomic mass is 32.1. The fraction of sp³-hybridized carbons (Fsp3) is 0.690. The molecule has 1 aromatic heterocycles. The van der Waals surface area contributed by atoms with E-state index in [9.17, 15) is 33.8 Å². The molecular formula is C42H66FN5O6S. The van der Waals surface area contributed by atoms with Crippen LogP contribution in [-0.2, 0) is 20.8 Å². The molecule has 0 bridgehead atoms. The van der Waals surface area contributed by atoms with E-state index in [1.165, 1.54) is 12.1 Å². The second-order valence-corrected chi connectivity index (χ2v) is 17.3. The number of carboxylic acids is 1. The molecule has 0 saturated carbocycles. The number of halogens is 1. The number of aliphatic hydroxyl groups excluding tert-OH is 1. The van der Waals surface area contributed by atoms with Gasteiger partial charge in [-0.25, -0.2) is 9.37 Å². The van der Waals surface area contributed by atoms with Crippen molar-refractivity contribution in [2.24, 2.45) is 23.7 Å². The number of aliphatic carboxylic acids is 1. The molecule has 7 atom stereocenters. The van der Waals surface area contributed by atoms with E-state index in [2.05, 4.69) is 34.4 Å². The number of unbranched alkanes of at least 4 members (excludes halogenated alkanes) is 1. The molecule has 0 radical (unpaired) electrons. The van der Waals surface area contributed by atoms with Crippen LogP contribution in [0.25, 0.3) is 0 Å². The largest absolute Gasteiger partial charge is 0.481 e. The fourth-order valence-corrected chi connectivity index (χ4v) is 8.11. The Bertz CT molecular complexity index is 1520. The lowest BCUT2D eigenvalue weighted by Crippen LogP contribution is -2.58. The topological polar surface area (TPSA) is 152 Å². The lowest BCUT2D eigenvalue weighted by molar-refractivity contribution is -0.143. The summed E-state index contributed by atoms with van der Waals surface area (Å²) in [6, 6.07) is 3.95. The first-order valence-corrected chi connectivity index (χ1v) is 21.1. The van der Waals surface area contributed by atoms with Crippen molar-refractivity contribution in [2.75, 3.05) is 20.1 Å². The summed E-state index contributed by atoms with van der Waals surface area (Å²) >= 11 is 1.15. The van der Waals surface area contributed by atoms with Crippen LogP contribution in [0.15, 0.2) is 29.6 Å². The summed E-state index contributed by atoms with van der Waals surface area (Å²) < 4.78 is 13.5. The molecule has 3 amide bonds. The number of nitrogens with one attached hydrogen (secondary N) is 2. The third-order valence-electron chi connectivity index (χ3n) is 11.0. The second-order valence-electron chi connectivity index (χ2n) is 16.4. The Morgan fingerprint density at radius 1 is 1.02 bits per heavy atom. The molecule has 308 valence electrons. The van der Waals surface area contributed by atoms with Crippen molar-refractivity contribution in [3.63, 3.8) is 0 Å². The molecule has 0 aliphatic carbocycles. The predicted octanol–water partition coefficient (Wildman–Crippen LogP) is 6.85. The number of benzene rings is 1. The molecular weight excluding hydrogens is 722 g/mol. The Balaban J connectivity index is 1.83. The number of hydrogen-bond acceptors (Lipinski definition) is 8. The van der Waals surface area contributed by atoms with E-state index in [1.807, 2.05) is 39.6 Å². The van der Waals surface area contributed by atoms with Gasteiger partial charge in [0, 0.05) is 30.4 Å². The molecule has 1 fully saturated rings. The van der Waals surface area contributed by atoms with Gasteiger partial charge in [0.15, 0.2) is 0 Å². The Labute approximate surface area is 331 Å². The van der Waals surface area contributed by atoms with Crippen LogP contribution < -0.4 is 10.6 Å². The first-order chi connectivity index (χ1) is 26.0. The van der Waals surface area contributed by atoms with Crippen molar-refractivity contribution in [1.29, 1.82) is 0 Å². The van der Waals surface area contributed by atoms with E-state index in [4.69, 9.17) is 0 Å². The third kappa shape index (κ3) is 14.2. The van der Waals surface area contributed by atoms with Crippen molar-refractivity contribution >= 4 is 35.0 Å². The maximum atomic E-state index is 14.7. The maximum Gasteiger partial charge on any atom is 0.306 e. The number of likely N-dealkylation sites (tertiary alicyclic amines) is 1. The predicted molar refractivity (Wildman–Crippen MR) is 215 cm³/mol. The number of carbonyl (C=O) groups is 4. The van der Waals surface area contributed by atoms with Crippen LogP contribution in [0.2, 0.25) is 0 Å². The summed E-state index contributed by atoms with van der Waals surface area (Å²) in [4.78, 5) is 61.9. The van der Waals surface area contributed by atoms with E-state index in [-0.39, 0.29) is 60.1 Å². The zero-order valence-electron chi connectivity index (χ0n) is 34.2. The molecule has 13 heteroatoms. The van der Waals surface area contributed by atoms with E-state index in [0.717, 1.165) is 62.0 Å². The van der Waals surface area contributed by atoms with Crippen LogP contribution in [-0.4, -0.2) is 93.0 Å². The first-order valence-electron chi connectivity index (χ1n) is 20.2.